The van der Waals surface area contributed by atoms with E-state index in [0.717, 1.165) is 13.0 Å². The summed E-state index contributed by atoms with van der Waals surface area (Å²) in [5, 5.41) is 2.90. The van der Waals surface area contributed by atoms with E-state index in [2.05, 4.69) is 5.32 Å². The monoisotopic (exact) mass is 437 g/mol. The van der Waals surface area contributed by atoms with Gasteiger partial charge < -0.3 is 14.8 Å². The van der Waals surface area contributed by atoms with Gasteiger partial charge in [-0.15, -0.1) is 0 Å². The average Bonchev–Trinajstić information content (AvgIpc) is 3.05. The van der Waals surface area contributed by atoms with Gasteiger partial charge >= 0.3 is 0 Å². The number of unbranched alkanes of at least 4 members (excludes halogenated alkanes) is 1. The fourth-order valence-corrected chi connectivity index (χ4v) is 3.92. The summed E-state index contributed by atoms with van der Waals surface area (Å²) in [7, 11) is 0. The van der Waals surface area contributed by atoms with Gasteiger partial charge in [-0.25, -0.2) is 0 Å². The molecule has 8 nitrogen and oxygen atoms in total. The summed E-state index contributed by atoms with van der Waals surface area (Å²) in [6.07, 6.45) is 1.46. The van der Waals surface area contributed by atoms with Crippen molar-refractivity contribution < 1.29 is 23.9 Å². The quantitative estimate of drug-likeness (QED) is 0.479. The highest BCUT2D eigenvalue weighted by molar-refractivity contribution is 6.21. The third kappa shape index (κ3) is 4.75. The highest BCUT2D eigenvalue weighted by atomic mass is 16.6. The van der Waals surface area contributed by atoms with Crippen LogP contribution in [0.3, 0.4) is 0 Å². The van der Waals surface area contributed by atoms with E-state index >= 15 is 0 Å². The lowest BCUT2D eigenvalue weighted by atomic mass is 10.1. The van der Waals surface area contributed by atoms with Crippen LogP contribution in [-0.2, 0) is 4.79 Å². The van der Waals surface area contributed by atoms with Gasteiger partial charge in [-0.05, 0) is 50.2 Å². The third-order valence-electron chi connectivity index (χ3n) is 5.62. The molecule has 0 fully saturated rings. The zero-order valence-electron chi connectivity index (χ0n) is 18.1. The summed E-state index contributed by atoms with van der Waals surface area (Å²) in [5.41, 5.74) is 1.62. The van der Waals surface area contributed by atoms with Gasteiger partial charge in [-0.2, -0.15) is 0 Å². The van der Waals surface area contributed by atoms with Crippen LogP contribution in [0, 0.1) is 0 Å². The Morgan fingerprint density at radius 2 is 1.69 bits per heavy atom. The predicted molar refractivity (Wildman–Crippen MR) is 119 cm³/mol. The molecule has 168 valence electrons. The molecule has 0 radical (unpaired) electrons. The van der Waals surface area contributed by atoms with Gasteiger partial charge in [0, 0.05) is 18.3 Å². The largest absolute Gasteiger partial charge is 0.486 e. The van der Waals surface area contributed by atoms with Crippen molar-refractivity contribution in [2.45, 2.75) is 19.8 Å². The maximum Gasteiger partial charge on any atom is 0.261 e. The van der Waals surface area contributed by atoms with Crippen molar-refractivity contribution >= 4 is 23.4 Å². The zero-order chi connectivity index (χ0) is 22.5. The van der Waals surface area contributed by atoms with E-state index in [1.807, 2.05) is 11.8 Å². The molecule has 0 atom stereocenters. The lowest BCUT2D eigenvalue weighted by molar-refractivity contribution is -0.117. The molecular weight excluding hydrogens is 410 g/mol. The summed E-state index contributed by atoms with van der Waals surface area (Å²) < 4.78 is 11.0. The number of nitrogens with one attached hydrogen (secondary N) is 1. The number of carbonyl (C=O) groups excluding carboxylic acids is 3. The Hall–Kier alpha value is -3.39. The summed E-state index contributed by atoms with van der Waals surface area (Å²) >= 11 is 0. The molecule has 32 heavy (non-hydrogen) atoms. The van der Waals surface area contributed by atoms with Crippen molar-refractivity contribution in [2.75, 3.05) is 44.7 Å². The first-order valence-corrected chi connectivity index (χ1v) is 10.9. The van der Waals surface area contributed by atoms with E-state index in [9.17, 15) is 14.4 Å². The number of benzene rings is 2. The Morgan fingerprint density at radius 1 is 1.00 bits per heavy atom. The number of rotatable bonds is 9. The highest BCUT2D eigenvalue weighted by Gasteiger charge is 2.34. The molecule has 3 amide bonds. The maximum atomic E-state index is 12.5. The first kappa shape index (κ1) is 21.8. The number of nitrogens with zero attached hydrogens (tertiary/aromatic N) is 2. The fourth-order valence-electron chi connectivity index (χ4n) is 3.92. The molecule has 0 saturated heterocycles. The number of hydrogen-bond donors (Lipinski definition) is 1. The number of likely N-dealkylation sites (N-methyl/N-ethyl adjacent to an activating group) is 1. The molecule has 1 N–H and O–H groups in total. The second kappa shape index (κ2) is 9.82. The van der Waals surface area contributed by atoms with E-state index in [0.29, 0.717) is 61.0 Å². The first-order valence-electron chi connectivity index (χ1n) is 10.9. The van der Waals surface area contributed by atoms with Crippen molar-refractivity contribution in [2.24, 2.45) is 0 Å². The van der Waals surface area contributed by atoms with Gasteiger partial charge in [0.15, 0.2) is 11.5 Å². The van der Waals surface area contributed by atoms with Crippen molar-refractivity contribution in [3.63, 3.8) is 0 Å². The molecule has 2 aromatic rings. The van der Waals surface area contributed by atoms with Gasteiger partial charge in [0.25, 0.3) is 11.8 Å². The molecule has 2 heterocycles. The van der Waals surface area contributed by atoms with Crippen LogP contribution >= 0.6 is 0 Å². The molecule has 0 bridgehead atoms. The summed E-state index contributed by atoms with van der Waals surface area (Å²) in [4.78, 5) is 40.7. The van der Waals surface area contributed by atoms with Gasteiger partial charge in [0.2, 0.25) is 5.91 Å². The highest BCUT2D eigenvalue weighted by Crippen LogP contribution is 2.32. The van der Waals surface area contributed by atoms with Crippen molar-refractivity contribution in [3.05, 3.63) is 53.6 Å². The number of fused-ring (bicyclic) bond motifs is 2. The van der Waals surface area contributed by atoms with Crippen molar-refractivity contribution in [3.8, 4) is 11.5 Å². The molecule has 2 aromatic carbocycles. The molecule has 4 rings (SSSR count). The molecule has 0 aliphatic carbocycles. The number of anilines is 1. The van der Waals surface area contributed by atoms with E-state index in [1.54, 1.807) is 42.5 Å². The first-order chi connectivity index (χ1) is 15.6. The van der Waals surface area contributed by atoms with Crippen LogP contribution in [0.1, 0.15) is 40.5 Å². The second-order valence-electron chi connectivity index (χ2n) is 7.79. The van der Waals surface area contributed by atoms with E-state index in [1.165, 1.54) is 4.90 Å². The van der Waals surface area contributed by atoms with E-state index < -0.39 is 0 Å². The third-order valence-corrected chi connectivity index (χ3v) is 5.62. The van der Waals surface area contributed by atoms with Gasteiger partial charge in [-0.1, -0.05) is 19.1 Å². The Labute approximate surface area is 187 Å². The lowest BCUT2D eigenvalue weighted by Gasteiger charge is -2.21. The van der Waals surface area contributed by atoms with Crippen molar-refractivity contribution in [1.29, 1.82) is 0 Å². The fraction of sp³-hybridized carbons (Fsp3) is 0.375. The van der Waals surface area contributed by atoms with E-state index in [-0.39, 0.29) is 24.3 Å². The average molecular weight is 437 g/mol. The van der Waals surface area contributed by atoms with E-state index in [4.69, 9.17) is 9.47 Å². The number of amides is 3. The molecule has 2 aliphatic heterocycles. The Bertz CT molecular complexity index is 987. The van der Waals surface area contributed by atoms with Gasteiger partial charge in [0.1, 0.15) is 13.2 Å². The van der Waals surface area contributed by atoms with Gasteiger partial charge in [0.05, 0.1) is 17.7 Å². The van der Waals surface area contributed by atoms with Crippen LogP contribution < -0.4 is 14.8 Å². The predicted octanol–water partition coefficient (Wildman–Crippen LogP) is 2.79. The molecule has 2 aliphatic rings. The minimum Gasteiger partial charge on any atom is -0.486 e. The number of imide groups is 1. The number of carbonyl (C=O) groups is 3. The van der Waals surface area contributed by atoms with Gasteiger partial charge in [-0.3, -0.25) is 24.2 Å². The molecule has 0 saturated carbocycles. The minimum atomic E-state index is -0.225. The Balaban J connectivity index is 1.22. The normalized spacial score (nSPS) is 14.6. The summed E-state index contributed by atoms with van der Waals surface area (Å²) in [5.74, 6) is 0.759. The van der Waals surface area contributed by atoms with Crippen LogP contribution in [0.25, 0.3) is 0 Å². The van der Waals surface area contributed by atoms with Crippen LogP contribution in [0.4, 0.5) is 5.69 Å². The SMILES string of the molecule is CCN(CCCCN1C(=O)c2ccccc2C1=O)CC(=O)Nc1ccc2c(c1)OCCO2. The molecule has 8 heteroatoms. The van der Waals surface area contributed by atoms with Crippen LogP contribution in [0.2, 0.25) is 0 Å². The minimum absolute atomic E-state index is 0.108. The van der Waals surface area contributed by atoms with Crippen LogP contribution in [0.5, 0.6) is 11.5 Å². The Morgan fingerprint density at radius 3 is 2.38 bits per heavy atom. The molecular formula is C24H27N3O5. The summed E-state index contributed by atoms with van der Waals surface area (Å²) in [6.45, 7) is 5.09. The maximum absolute atomic E-state index is 12.5. The van der Waals surface area contributed by atoms with Crippen LogP contribution in [0.15, 0.2) is 42.5 Å². The topological polar surface area (TPSA) is 88.2 Å². The molecule has 0 aromatic heterocycles. The van der Waals surface area contributed by atoms with Crippen LogP contribution in [-0.4, -0.2) is 66.9 Å². The molecule has 0 spiro atoms. The smallest absolute Gasteiger partial charge is 0.261 e. The zero-order valence-corrected chi connectivity index (χ0v) is 18.1. The standard InChI is InChI=1S/C24H27N3O5/c1-2-26(16-22(28)25-17-9-10-20-21(15-17)32-14-13-31-20)11-5-6-12-27-23(29)18-7-3-4-8-19(18)24(27)30/h3-4,7-10,15H,2,5-6,11-14,16H2,1H3,(H,25,28). The Kier molecular flexibility index (Phi) is 6.70. The molecule has 0 unspecified atom stereocenters. The second-order valence-corrected chi connectivity index (χ2v) is 7.79. The summed E-state index contributed by atoms with van der Waals surface area (Å²) in [6, 6.07) is 12.3. The number of ether oxygens (including phenoxy) is 2. The number of hydrogen-bond acceptors (Lipinski definition) is 6. The van der Waals surface area contributed by atoms with Crippen molar-refractivity contribution in [1.82, 2.24) is 9.80 Å². The lowest BCUT2D eigenvalue weighted by Crippen LogP contribution is -2.35.